The SMILES string of the molecule is CCCCOc1ccc([C@H]2C(=C(O)c3ccc4c(c3)C[C@H](C)O4)C(=O)C(=O)N2CCCN(CC)CC)cc1OCC. The summed E-state index contributed by atoms with van der Waals surface area (Å²) in [6, 6.07) is 10.2. The number of ether oxygens (including phenoxy) is 3. The number of aliphatic hydroxyl groups excluding tert-OH is 1. The lowest BCUT2D eigenvalue weighted by molar-refractivity contribution is -0.140. The highest BCUT2D eigenvalue weighted by Crippen LogP contribution is 2.43. The third kappa shape index (κ3) is 6.70. The van der Waals surface area contributed by atoms with Gasteiger partial charge in [0.25, 0.3) is 11.7 Å². The second-order valence-corrected chi connectivity index (χ2v) is 10.7. The van der Waals surface area contributed by atoms with Crippen LogP contribution < -0.4 is 14.2 Å². The highest BCUT2D eigenvalue weighted by molar-refractivity contribution is 6.46. The predicted octanol–water partition coefficient (Wildman–Crippen LogP) is 5.74. The number of amides is 1. The summed E-state index contributed by atoms with van der Waals surface area (Å²) in [7, 11) is 0. The Morgan fingerprint density at radius 3 is 2.51 bits per heavy atom. The van der Waals surface area contributed by atoms with Crippen molar-refractivity contribution < 1.29 is 28.9 Å². The van der Waals surface area contributed by atoms with Gasteiger partial charge in [0, 0.05) is 18.5 Å². The van der Waals surface area contributed by atoms with Crippen molar-refractivity contribution in [2.75, 3.05) is 39.4 Å². The Bertz CT molecular complexity index is 1270. The molecule has 2 aromatic carbocycles. The van der Waals surface area contributed by atoms with Crippen LogP contribution in [0.15, 0.2) is 42.0 Å². The molecule has 1 amide bonds. The molecule has 2 aromatic rings. The van der Waals surface area contributed by atoms with Crippen LogP contribution in [0, 0.1) is 0 Å². The quantitative estimate of drug-likeness (QED) is 0.135. The Kier molecular flexibility index (Phi) is 10.3. The lowest BCUT2D eigenvalue weighted by atomic mass is 9.94. The fraction of sp³-hybridized carbons (Fsp3) is 0.515. The van der Waals surface area contributed by atoms with E-state index in [1.54, 1.807) is 11.0 Å². The minimum Gasteiger partial charge on any atom is -0.507 e. The van der Waals surface area contributed by atoms with Gasteiger partial charge in [-0.2, -0.15) is 0 Å². The van der Waals surface area contributed by atoms with Crippen molar-refractivity contribution in [3.63, 3.8) is 0 Å². The number of unbranched alkanes of at least 4 members (excludes halogenated alkanes) is 1. The molecule has 0 radical (unpaired) electrons. The van der Waals surface area contributed by atoms with Gasteiger partial charge in [-0.25, -0.2) is 0 Å². The minimum absolute atomic E-state index is 0.0498. The maximum Gasteiger partial charge on any atom is 0.295 e. The third-order valence-electron chi connectivity index (χ3n) is 7.82. The second kappa shape index (κ2) is 13.9. The van der Waals surface area contributed by atoms with Gasteiger partial charge < -0.3 is 29.1 Å². The maximum atomic E-state index is 13.6. The fourth-order valence-electron chi connectivity index (χ4n) is 5.60. The summed E-state index contributed by atoms with van der Waals surface area (Å²) >= 11 is 0. The number of carbonyl (C=O) groups excluding carboxylic acids is 2. The first-order valence-electron chi connectivity index (χ1n) is 15.0. The molecule has 1 N–H and O–H groups in total. The van der Waals surface area contributed by atoms with Crippen molar-refractivity contribution >= 4 is 17.4 Å². The lowest BCUT2D eigenvalue weighted by Crippen LogP contribution is -2.33. The van der Waals surface area contributed by atoms with Crippen LogP contribution in [0.2, 0.25) is 0 Å². The van der Waals surface area contributed by atoms with Crippen molar-refractivity contribution in [1.82, 2.24) is 9.80 Å². The number of aliphatic hydroxyl groups is 1. The molecule has 2 heterocycles. The molecule has 2 aliphatic rings. The number of hydrogen-bond acceptors (Lipinski definition) is 7. The fourth-order valence-corrected chi connectivity index (χ4v) is 5.60. The van der Waals surface area contributed by atoms with Gasteiger partial charge in [0.1, 0.15) is 17.6 Å². The van der Waals surface area contributed by atoms with Crippen LogP contribution in [0.4, 0.5) is 0 Å². The summed E-state index contributed by atoms with van der Waals surface area (Å²) in [5.41, 5.74) is 2.25. The molecular weight excluding hydrogens is 520 g/mol. The van der Waals surface area contributed by atoms with E-state index in [2.05, 4.69) is 25.7 Å². The Balaban J connectivity index is 1.76. The van der Waals surface area contributed by atoms with E-state index in [9.17, 15) is 14.7 Å². The average molecular weight is 565 g/mol. The van der Waals surface area contributed by atoms with Gasteiger partial charge >= 0.3 is 0 Å². The molecule has 8 nitrogen and oxygen atoms in total. The first-order valence-corrected chi connectivity index (χ1v) is 15.0. The van der Waals surface area contributed by atoms with Crippen LogP contribution in [-0.4, -0.2) is 72.1 Å². The monoisotopic (exact) mass is 564 g/mol. The van der Waals surface area contributed by atoms with Gasteiger partial charge in [-0.3, -0.25) is 9.59 Å². The maximum absolute atomic E-state index is 13.6. The molecule has 1 fully saturated rings. The molecule has 41 heavy (non-hydrogen) atoms. The molecule has 2 aliphatic heterocycles. The summed E-state index contributed by atoms with van der Waals surface area (Å²) in [5.74, 6) is 0.497. The second-order valence-electron chi connectivity index (χ2n) is 10.7. The summed E-state index contributed by atoms with van der Waals surface area (Å²) < 4.78 is 17.7. The van der Waals surface area contributed by atoms with E-state index in [-0.39, 0.29) is 17.4 Å². The molecular formula is C33H44N2O6. The van der Waals surface area contributed by atoms with E-state index in [4.69, 9.17) is 14.2 Å². The number of hydrogen-bond donors (Lipinski definition) is 1. The molecule has 0 saturated carbocycles. The van der Waals surface area contributed by atoms with Gasteiger partial charge in [0.05, 0.1) is 24.8 Å². The summed E-state index contributed by atoms with van der Waals surface area (Å²) in [5, 5.41) is 11.6. The zero-order valence-corrected chi connectivity index (χ0v) is 25.1. The van der Waals surface area contributed by atoms with E-state index >= 15 is 0 Å². The number of ketones is 1. The van der Waals surface area contributed by atoms with Crippen LogP contribution in [-0.2, 0) is 16.0 Å². The van der Waals surface area contributed by atoms with Crippen LogP contribution in [0.5, 0.6) is 17.2 Å². The third-order valence-corrected chi connectivity index (χ3v) is 7.82. The number of rotatable bonds is 14. The Hall–Kier alpha value is -3.52. The first kappa shape index (κ1) is 30.4. The van der Waals surface area contributed by atoms with Crippen LogP contribution in [0.25, 0.3) is 5.76 Å². The van der Waals surface area contributed by atoms with E-state index in [1.165, 1.54) is 0 Å². The van der Waals surface area contributed by atoms with E-state index in [1.807, 2.05) is 44.2 Å². The lowest BCUT2D eigenvalue weighted by Gasteiger charge is -2.27. The number of benzene rings is 2. The molecule has 8 heteroatoms. The van der Waals surface area contributed by atoms with E-state index in [0.717, 1.165) is 50.2 Å². The van der Waals surface area contributed by atoms with Gasteiger partial charge in [0.15, 0.2) is 11.5 Å². The van der Waals surface area contributed by atoms with Crippen molar-refractivity contribution in [2.45, 2.75) is 72.4 Å². The van der Waals surface area contributed by atoms with Gasteiger partial charge in [0.2, 0.25) is 0 Å². The van der Waals surface area contributed by atoms with Gasteiger partial charge in [-0.05, 0) is 87.8 Å². The number of nitrogens with zero attached hydrogens (tertiary/aromatic N) is 2. The molecule has 0 unspecified atom stereocenters. The first-order chi connectivity index (χ1) is 19.8. The Morgan fingerprint density at radius 2 is 1.80 bits per heavy atom. The van der Waals surface area contributed by atoms with Crippen molar-refractivity contribution in [1.29, 1.82) is 0 Å². The Labute approximate surface area is 243 Å². The van der Waals surface area contributed by atoms with Crippen LogP contribution >= 0.6 is 0 Å². The molecule has 0 spiro atoms. The number of fused-ring (bicyclic) bond motifs is 1. The molecule has 0 aromatic heterocycles. The number of carbonyl (C=O) groups is 2. The van der Waals surface area contributed by atoms with Gasteiger partial charge in [-0.15, -0.1) is 0 Å². The highest BCUT2D eigenvalue weighted by Gasteiger charge is 2.46. The average Bonchev–Trinajstić information content (AvgIpc) is 3.46. The predicted molar refractivity (Wildman–Crippen MR) is 160 cm³/mol. The highest BCUT2D eigenvalue weighted by atomic mass is 16.5. The molecule has 0 aliphatic carbocycles. The van der Waals surface area contributed by atoms with Crippen molar-refractivity contribution in [2.24, 2.45) is 0 Å². The van der Waals surface area contributed by atoms with Crippen molar-refractivity contribution in [3.8, 4) is 17.2 Å². The standard InChI is InChI=1S/C33H44N2O6/c1-6-10-18-40-27-15-12-23(21-28(27)39-9-4)30-29(31(36)24-13-14-26-25(20-24)19-22(5)41-26)32(37)33(38)35(30)17-11-16-34(7-2)8-3/h12-15,20-22,30,36H,6-11,16-19H2,1-5H3/t22-,30-/m0/s1. The molecule has 4 rings (SSSR count). The summed E-state index contributed by atoms with van der Waals surface area (Å²) in [4.78, 5) is 30.9. The zero-order valence-electron chi connectivity index (χ0n) is 25.1. The van der Waals surface area contributed by atoms with E-state index in [0.29, 0.717) is 48.8 Å². The normalized spacial score (nSPS) is 19.5. The largest absolute Gasteiger partial charge is 0.507 e. The summed E-state index contributed by atoms with van der Waals surface area (Å²) in [6.07, 6.45) is 3.41. The minimum atomic E-state index is -0.751. The topological polar surface area (TPSA) is 88.5 Å². The smallest absolute Gasteiger partial charge is 0.295 e. The van der Waals surface area contributed by atoms with Crippen molar-refractivity contribution in [3.05, 3.63) is 58.7 Å². The summed E-state index contributed by atoms with van der Waals surface area (Å²) in [6.45, 7) is 14.2. The van der Waals surface area contributed by atoms with Crippen LogP contribution in [0.1, 0.15) is 76.6 Å². The zero-order chi connectivity index (χ0) is 29.5. The number of likely N-dealkylation sites (tertiary alicyclic amines) is 1. The number of Topliss-reactive ketones (excluding diaryl/α,β-unsaturated/α-hetero) is 1. The molecule has 2 atom stereocenters. The molecule has 222 valence electrons. The molecule has 1 saturated heterocycles. The van der Waals surface area contributed by atoms with E-state index < -0.39 is 17.7 Å². The van der Waals surface area contributed by atoms with Gasteiger partial charge in [-0.1, -0.05) is 33.3 Å². The Morgan fingerprint density at radius 1 is 1.02 bits per heavy atom. The van der Waals surface area contributed by atoms with Crippen LogP contribution in [0.3, 0.4) is 0 Å². The molecule has 0 bridgehead atoms.